The molecule has 0 saturated heterocycles. The highest BCUT2D eigenvalue weighted by molar-refractivity contribution is 7.93. The lowest BCUT2D eigenvalue weighted by molar-refractivity contribution is 0.247. The van der Waals surface area contributed by atoms with E-state index in [1.165, 1.54) is 6.26 Å². The molecule has 1 aromatic carbocycles. The van der Waals surface area contributed by atoms with Gasteiger partial charge in [-0.15, -0.1) is 15.7 Å². The molecule has 3 rings (SSSR count). The summed E-state index contributed by atoms with van der Waals surface area (Å²) in [6.45, 7) is 5.45. The van der Waals surface area contributed by atoms with E-state index >= 15 is 0 Å². The van der Waals surface area contributed by atoms with E-state index in [4.69, 9.17) is 0 Å². The fourth-order valence-corrected chi connectivity index (χ4v) is 4.70. The summed E-state index contributed by atoms with van der Waals surface area (Å²) in [4.78, 5) is 22.3. The number of amides is 2. The van der Waals surface area contributed by atoms with Crippen molar-refractivity contribution in [3.63, 3.8) is 0 Å². The minimum absolute atomic E-state index is 0.0331. The lowest BCUT2D eigenvalue weighted by Gasteiger charge is -2.16. The first-order chi connectivity index (χ1) is 15.7. The van der Waals surface area contributed by atoms with Gasteiger partial charge >= 0.3 is 6.03 Å². The minimum atomic E-state index is -2.88. The van der Waals surface area contributed by atoms with Crippen LogP contribution in [0.25, 0.3) is 10.4 Å². The highest BCUT2D eigenvalue weighted by atomic mass is 32.2. The van der Waals surface area contributed by atoms with E-state index < -0.39 is 15.8 Å². The zero-order valence-electron chi connectivity index (χ0n) is 18.9. The Kier molecular flexibility index (Phi) is 8.01. The van der Waals surface area contributed by atoms with Gasteiger partial charge in [0.1, 0.15) is 5.82 Å². The SMILES string of the molecule is CC(C)NC(=O)N=S(C)(=O)c1ccc(Nc2ncc(-c3cccs3)c(N[C@H](C)CO)n2)cc1. The average molecular weight is 489 g/mol. The van der Waals surface area contributed by atoms with Crippen LogP contribution in [0.3, 0.4) is 0 Å². The summed E-state index contributed by atoms with van der Waals surface area (Å²) in [5.74, 6) is 0.980. The molecule has 2 aromatic heterocycles. The molecular weight excluding hydrogens is 460 g/mol. The van der Waals surface area contributed by atoms with Gasteiger partial charge in [0.05, 0.1) is 21.9 Å². The van der Waals surface area contributed by atoms with Crippen LogP contribution in [0.5, 0.6) is 0 Å². The average Bonchev–Trinajstić information content (AvgIpc) is 3.28. The number of anilines is 3. The molecule has 0 radical (unpaired) electrons. The quantitative estimate of drug-likeness (QED) is 0.372. The van der Waals surface area contributed by atoms with Crippen LogP contribution < -0.4 is 16.0 Å². The number of aromatic nitrogens is 2. The molecule has 0 aliphatic carbocycles. The number of carbonyl (C=O) groups excluding carboxylic acids is 1. The van der Waals surface area contributed by atoms with Crippen LogP contribution in [0.15, 0.2) is 57.2 Å². The van der Waals surface area contributed by atoms with E-state index in [1.807, 2.05) is 38.3 Å². The van der Waals surface area contributed by atoms with Crippen molar-refractivity contribution in [2.75, 3.05) is 23.5 Å². The molecule has 0 aliphatic rings. The number of nitrogens with zero attached hydrogens (tertiary/aromatic N) is 3. The molecule has 11 heteroatoms. The molecule has 0 bridgehead atoms. The predicted molar refractivity (Wildman–Crippen MR) is 134 cm³/mol. The Morgan fingerprint density at radius 3 is 2.55 bits per heavy atom. The summed E-state index contributed by atoms with van der Waals surface area (Å²) >= 11 is 1.58. The summed E-state index contributed by atoms with van der Waals surface area (Å²) in [5.41, 5.74) is 1.53. The number of thiophene rings is 1. The van der Waals surface area contributed by atoms with Crippen molar-refractivity contribution < 1.29 is 14.1 Å². The van der Waals surface area contributed by atoms with Gasteiger partial charge in [-0.1, -0.05) is 6.07 Å². The molecule has 4 N–H and O–H groups in total. The number of aliphatic hydroxyl groups excluding tert-OH is 1. The van der Waals surface area contributed by atoms with E-state index in [9.17, 15) is 14.1 Å². The van der Waals surface area contributed by atoms with Crippen LogP contribution in [-0.2, 0) is 9.73 Å². The van der Waals surface area contributed by atoms with Gasteiger partial charge in [-0.05, 0) is 56.5 Å². The molecule has 176 valence electrons. The molecule has 33 heavy (non-hydrogen) atoms. The normalized spacial score (nSPS) is 13.8. The van der Waals surface area contributed by atoms with Crippen molar-refractivity contribution in [2.24, 2.45) is 4.36 Å². The molecule has 2 amide bonds. The van der Waals surface area contributed by atoms with Crippen molar-refractivity contribution in [1.82, 2.24) is 15.3 Å². The van der Waals surface area contributed by atoms with Crippen molar-refractivity contribution in [1.29, 1.82) is 0 Å². The Morgan fingerprint density at radius 1 is 1.21 bits per heavy atom. The number of aliphatic hydroxyl groups is 1. The zero-order chi connectivity index (χ0) is 24.0. The van der Waals surface area contributed by atoms with E-state index in [1.54, 1.807) is 41.8 Å². The number of benzene rings is 1. The smallest absolute Gasteiger partial charge is 0.349 e. The number of carbonyl (C=O) groups is 1. The fourth-order valence-electron chi connectivity index (χ4n) is 2.85. The Balaban J connectivity index is 1.82. The van der Waals surface area contributed by atoms with Crippen molar-refractivity contribution in [3.8, 4) is 10.4 Å². The lowest BCUT2D eigenvalue weighted by Crippen LogP contribution is -2.28. The molecular formula is C22H28N6O3S2. The largest absolute Gasteiger partial charge is 0.394 e. The highest BCUT2D eigenvalue weighted by Gasteiger charge is 2.14. The van der Waals surface area contributed by atoms with Crippen LogP contribution >= 0.6 is 11.3 Å². The Bertz CT molecular complexity index is 1200. The van der Waals surface area contributed by atoms with Crippen LogP contribution in [0.2, 0.25) is 0 Å². The molecule has 1 unspecified atom stereocenters. The standard InChI is InChI=1S/C22H28N6O3S2/c1-14(2)24-22(30)28-33(4,31)17-9-7-16(8-10-17)26-21-23-12-18(19-6-5-11-32-19)20(27-21)25-15(3)13-29/h5-12,14-15,29H,13H2,1-4H3,(H,24,30)(H2,23,25,26,27)/t15-,33?/m1/s1. The van der Waals surface area contributed by atoms with Crippen LogP contribution in [0.4, 0.5) is 22.2 Å². The number of hydrogen-bond acceptors (Lipinski definition) is 8. The van der Waals surface area contributed by atoms with Gasteiger partial charge in [0, 0.05) is 40.0 Å². The molecule has 2 atom stereocenters. The highest BCUT2D eigenvalue weighted by Crippen LogP contribution is 2.31. The maximum absolute atomic E-state index is 12.9. The summed E-state index contributed by atoms with van der Waals surface area (Å²) in [5, 5.41) is 20.4. The van der Waals surface area contributed by atoms with Crippen LogP contribution in [-0.4, -0.2) is 50.3 Å². The van der Waals surface area contributed by atoms with Crippen LogP contribution in [0, 0.1) is 0 Å². The van der Waals surface area contributed by atoms with Crippen molar-refractivity contribution in [2.45, 2.75) is 37.8 Å². The Morgan fingerprint density at radius 2 is 1.94 bits per heavy atom. The molecule has 0 saturated carbocycles. The fraction of sp³-hybridized carbons (Fsp3) is 0.318. The van der Waals surface area contributed by atoms with Gasteiger partial charge < -0.3 is 21.1 Å². The van der Waals surface area contributed by atoms with Gasteiger partial charge in [0.25, 0.3) is 0 Å². The van der Waals surface area contributed by atoms with Crippen molar-refractivity contribution in [3.05, 3.63) is 48.0 Å². The lowest BCUT2D eigenvalue weighted by atomic mass is 10.2. The monoisotopic (exact) mass is 488 g/mol. The van der Waals surface area contributed by atoms with Crippen LogP contribution in [0.1, 0.15) is 20.8 Å². The number of hydrogen-bond donors (Lipinski definition) is 4. The summed E-state index contributed by atoms with van der Waals surface area (Å²) in [7, 11) is -2.88. The third kappa shape index (κ3) is 6.73. The molecule has 2 heterocycles. The number of nitrogens with one attached hydrogen (secondary N) is 3. The first-order valence-electron chi connectivity index (χ1n) is 10.4. The maximum Gasteiger partial charge on any atom is 0.349 e. The second-order valence-corrected chi connectivity index (χ2v) is 11.0. The van der Waals surface area contributed by atoms with Gasteiger partial charge in [-0.2, -0.15) is 4.98 Å². The predicted octanol–water partition coefficient (Wildman–Crippen LogP) is 4.32. The molecule has 0 fully saturated rings. The molecule has 0 aliphatic heterocycles. The molecule has 3 aromatic rings. The first kappa shape index (κ1) is 24.6. The molecule has 9 nitrogen and oxygen atoms in total. The third-order valence-corrected chi connectivity index (χ3v) is 7.01. The summed E-state index contributed by atoms with van der Waals surface area (Å²) in [6, 6.07) is 9.84. The van der Waals surface area contributed by atoms with Gasteiger partial charge in [-0.25, -0.2) is 14.0 Å². The molecule has 0 spiro atoms. The Labute approximate surface area is 197 Å². The van der Waals surface area contributed by atoms with Crippen molar-refractivity contribution >= 4 is 44.6 Å². The van der Waals surface area contributed by atoms with E-state index in [0.717, 1.165) is 10.4 Å². The van der Waals surface area contributed by atoms with Gasteiger partial charge in [-0.3, -0.25) is 0 Å². The number of urea groups is 1. The zero-order valence-corrected chi connectivity index (χ0v) is 20.5. The van der Waals surface area contributed by atoms with E-state index in [-0.39, 0.29) is 18.7 Å². The van der Waals surface area contributed by atoms with Gasteiger partial charge in [0.15, 0.2) is 0 Å². The summed E-state index contributed by atoms with van der Waals surface area (Å²) < 4.78 is 16.7. The third-order valence-electron chi connectivity index (χ3n) is 4.45. The van der Waals surface area contributed by atoms with E-state index in [0.29, 0.717) is 22.3 Å². The van der Waals surface area contributed by atoms with Gasteiger partial charge in [0.2, 0.25) is 5.95 Å². The topological polar surface area (TPSA) is 129 Å². The number of rotatable bonds is 8. The second-order valence-electron chi connectivity index (χ2n) is 7.81. The summed E-state index contributed by atoms with van der Waals surface area (Å²) in [6.07, 6.45) is 3.16. The first-order valence-corrected chi connectivity index (χ1v) is 13.2. The van der Waals surface area contributed by atoms with E-state index in [2.05, 4.69) is 30.3 Å². The second kappa shape index (κ2) is 10.7. The Hall–Kier alpha value is -3.02. The minimum Gasteiger partial charge on any atom is -0.394 e. The maximum atomic E-state index is 12.9.